The van der Waals surface area contributed by atoms with Crippen molar-refractivity contribution in [1.82, 2.24) is 5.32 Å². The van der Waals surface area contributed by atoms with E-state index < -0.39 is 6.10 Å². The molecule has 1 aromatic rings. The molecular formula is C13H19NO2. The summed E-state index contributed by atoms with van der Waals surface area (Å²) in [6.45, 7) is 5.77. The summed E-state index contributed by atoms with van der Waals surface area (Å²) < 4.78 is 5.51. The second-order valence-electron chi connectivity index (χ2n) is 3.89. The van der Waals surface area contributed by atoms with Gasteiger partial charge in [0.25, 0.3) is 5.91 Å². The van der Waals surface area contributed by atoms with E-state index in [9.17, 15) is 4.79 Å². The quantitative estimate of drug-likeness (QED) is 0.829. The SMILES string of the molecule is CC[C@H](C)NC(=O)[C@H](C)Oc1ccccc1. The van der Waals surface area contributed by atoms with E-state index in [0.717, 1.165) is 6.42 Å². The number of hydrogen-bond donors (Lipinski definition) is 1. The van der Waals surface area contributed by atoms with Crippen molar-refractivity contribution in [1.29, 1.82) is 0 Å². The zero-order chi connectivity index (χ0) is 12.0. The lowest BCUT2D eigenvalue weighted by Gasteiger charge is -2.17. The number of hydrogen-bond acceptors (Lipinski definition) is 2. The Bertz CT molecular complexity index is 324. The van der Waals surface area contributed by atoms with Crippen LogP contribution in [0.15, 0.2) is 30.3 Å². The Kier molecular flexibility index (Phi) is 4.83. The van der Waals surface area contributed by atoms with Crippen LogP contribution in [-0.4, -0.2) is 18.1 Å². The second kappa shape index (κ2) is 6.16. The molecule has 3 nitrogen and oxygen atoms in total. The first-order valence-electron chi connectivity index (χ1n) is 5.65. The van der Waals surface area contributed by atoms with Gasteiger partial charge in [0.1, 0.15) is 5.75 Å². The minimum atomic E-state index is -0.462. The summed E-state index contributed by atoms with van der Waals surface area (Å²) in [7, 11) is 0. The van der Waals surface area contributed by atoms with Crippen LogP contribution in [0.25, 0.3) is 0 Å². The summed E-state index contributed by atoms with van der Waals surface area (Å²) in [6, 6.07) is 9.55. The molecule has 0 bridgehead atoms. The number of ether oxygens (including phenoxy) is 1. The smallest absolute Gasteiger partial charge is 0.260 e. The zero-order valence-corrected chi connectivity index (χ0v) is 10.1. The van der Waals surface area contributed by atoms with Crippen molar-refractivity contribution in [2.45, 2.75) is 39.3 Å². The van der Waals surface area contributed by atoms with Crippen LogP contribution in [0.2, 0.25) is 0 Å². The lowest BCUT2D eigenvalue weighted by atomic mass is 10.2. The fraction of sp³-hybridized carbons (Fsp3) is 0.462. The van der Waals surface area contributed by atoms with Gasteiger partial charge in [0, 0.05) is 6.04 Å². The fourth-order valence-corrected chi connectivity index (χ4v) is 1.22. The van der Waals surface area contributed by atoms with Crippen LogP contribution in [0, 0.1) is 0 Å². The van der Waals surface area contributed by atoms with Crippen molar-refractivity contribution in [2.24, 2.45) is 0 Å². The van der Waals surface area contributed by atoms with E-state index in [4.69, 9.17) is 4.74 Å². The Labute approximate surface area is 96.8 Å². The number of benzene rings is 1. The van der Waals surface area contributed by atoms with E-state index in [2.05, 4.69) is 5.32 Å². The van der Waals surface area contributed by atoms with Gasteiger partial charge in [-0.05, 0) is 32.4 Å². The average molecular weight is 221 g/mol. The predicted octanol–water partition coefficient (Wildman–Crippen LogP) is 2.37. The van der Waals surface area contributed by atoms with Gasteiger partial charge in [-0.1, -0.05) is 25.1 Å². The number of rotatable bonds is 5. The number of nitrogens with one attached hydrogen (secondary N) is 1. The molecule has 0 aliphatic carbocycles. The molecule has 88 valence electrons. The molecule has 0 aromatic heterocycles. The Morgan fingerprint density at radius 3 is 2.50 bits per heavy atom. The first kappa shape index (κ1) is 12.6. The highest BCUT2D eigenvalue weighted by Gasteiger charge is 2.15. The molecule has 1 aromatic carbocycles. The van der Waals surface area contributed by atoms with Crippen LogP contribution >= 0.6 is 0 Å². The van der Waals surface area contributed by atoms with Gasteiger partial charge in [0.15, 0.2) is 6.10 Å². The topological polar surface area (TPSA) is 38.3 Å². The molecule has 16 heavy (non-hydrogen) atoms. The highest BCUT2D eigenvalue weighted by atomic mass is 16.5. The normalized spacial score (nSPS) is 13.9. The largest absolute Gasteiger partial charge is 0.481 e. The minimum absolute atomic E-state index is 0.0711. The van der Waals surface area contributed by atoms with Crippen LogP contribution in [0.1, 0.15) is 27.2 Å². The van der Waals surface area contributed by atoms with E-state index in [1.165, 1.54) is 0 Å². The van der Waals surface area contributed by atoms with Gasteiger partial charge < -0.3 is 10.1 Å². The molecule has 0 fully saturated rings. The Balaban J connectivity index is 2.46. The maximum Gasteiger partial charge on any atom is 0.260 e. The third-order valence-corrected chi connectivity index (χ3v) is 2.43. The van der Waals surface area contributed by atoms with Crippen LogP contribution in [0.4, 0.5) is 0 Å². The number of carbonyl (C=O) groups excluding carboxylic acids is 1. The Morgan fingerprint density at radius 1 is 1.31 bits per heavy atom. The highest BCUT2D eigenvalue weighted by molar-refractivity contribution is 5.80. The average Bonchev–Trinajstić information content (AvgIpc) is 2.30. The van der Waals surface area contributed by atoms with Crippen molar-refractivity contribution in [3.05, 3.63) is 30.3 Å². The van der Waals surface area contributed by atoms with Gasteiger partial charge >= 0.3 is 0 Å². The second-order valence-corrected chi connectivity index (χ2v) is 3.89. The summed E-state index contributed by atoms with van der Waals surface area (Å²) in [5.41, 5.74) is 0. The number of amides is 1. The molecule has 0 radical (unpaired) electrons. The van der Waals surface area contributed by atoms with E-state index in [0.29, 0.717) is 5.75 Å². The van der Waals surface area contributed by atoms with Crippen molar-refractivity contribution in [2.75, 3.05) is 0 Å². The standard InChI is InChI=1S/C13H19NO2/c1-4-10(2)14-13(15)11(3)16-12-8-6-5-7-9-12/h5-11H,4H2,1-3H3,(H,14,15)/t10-,11-/m0/s1. The summed E-state index contributed by atoms with van der Waals surface area (Å²) in [6.07, 6.45) is 0.459. The van der Waals surface area contributed by atoms with Gasteiger partial charge in [0.2, 0.25) is 0 Å². The van der Waals surface area contributed by atoms with Gasteiger partial charge in [0.05, 0.1) is 0 Å². The van der Waals surface area contributed by atoms with Crippen LogP contribution in [0.5, 0.6) is 5.75 Å². The van der Waals surface area contributed by atoms with Crippen molar-refractivity contribution in [3.8, 4) is 5.75 Å². The van der Waals surface area contributed by atoms with Gasteiger partial charge in [-0.25, -0.2) is 0 Å². The minimum Gasteiger partial charge on any atom is -0.481 e. The zero-order valence-electron chi connectivity index (χ0n) is 10.1. The third-order valence-electron chi connectivity index (χ3n) is 2.43. The molecule has 0 aliphatic heterocycles. The third kappa shape index (κ3) is 3.93. The molecule has 0 saturated heterocycles. The molecule has 0 unspecified atom stereocenters. The first-order valence-corrected chi connectivity index (χ1v) is 5.65. The number of para-hydroxylation sites is 1. The summed E-state index contributed by atoms with van der Waals surface area (Å²) in [4.78, 5) is 11.7. The van der Waals surface area contributed by atoms with Crippen LogP contribution < -0.4 is 10.1 Å². The molecule has 0 saturated carbocycles. The van der Waals surface area contributed by atoms with Crippen molar-refractivity contribution < 1.29 is 9.53 Å². The maximum atomic E-state index is 11.7. The van der Waals surface area contributed by atoms with Gasteiger partial charge in [-0.15, -0.1) is 0 Å². The number of carbonyl (C=O) groups is 1. The molecule has 1 rings (SSSR count). The molecule has 1 N–H and O–H groups in total. The molecule has 0 heterocycles. The monoisotopic (exact) mass is 221 g/mol. The molecule has 0 aliphatic rings. The molecule has 2 atom stereocenters. The lowest BCUT2D eigenvalue weighted by molar-refractivity contribution is -0.127. The molecule has 3 heteroatoms. The van der Waals surface area contributed by atoms with Crippen molar-refractivity contribution in [3.63, 3.8) is 0 Å². The molecular weight excluding hydrogens is 202 g/mol. The van der Waals surface area contributed by atoms with Crippen molar-refractivity contribution >= 4 is 5.91 Å². The lowest BCUT2D eigenvalue weighted by Crippen LogP contribution is -2.40. The summed E-state index contributed by atoms with van der Waals surface area (Å²) in [5.74, 6) is 0.646. The van der Waals surface area contributed by atoms with E-state index in [1.54, 1.807) is 6.92 Å². The predicted molar refractivity (Wildman–Crippen MR) is 64.4 cm³/mol. The Morgan fingerprint density at radius 2 is 1.94 bits per heavy atom. The first-order chi connectivity index (χ1) is 7.63. The van der Waals surface area contributed by atoms with E-state index in [-0.39, 0.29) is 11.9 Å². The molecule has 1 amide bonds. The van der Waals surface area contributed by atoms with Gasteiger partial charge in [-0.3, -0.25) is 4.79 Å². The highest BCUT2D eigenvalue weighted by Crippen LogP contribution is 2.10. The van der Waals surface area contributed by atoms with E-state index >= 15 is 0 Å². The summed E-state index contributed by atoms with van der Waals surface area (Å²) >= 11 is 0. The Hall–Kier alpha value is -1.51. The van der Waals surface area contributed by atoms with Gasteiger partial charge in [-0.2, -0.15) is 0 Å². The molecule has 0 spiro atoms. The fourth-order valence-electron chi connectivity index (χ4n) is 1.22. The van der Waals surface area contributed by atoms with Crippen LogP contribution in [-0.2, 0) is 4.79 Å². The van der Waals surface area contributed by atoms with Crippen LogP contribution in [0.3, 0.4) is 0 Å². The van der Waals surface area contributed by atoms with E-state index in [1.807, 2.05) is 44.2 Å². The maximum absolute atomic E-state index is 11.7. The summed E-state index contributed by atoms with van der Waals surface area (Å²) in [5, 5.41) is 2.89.